The van der Waals surface area contributed by atoms with Crippen LogP contribution in [-0.4, -0.2) is 34.7 Å². The maximum absolute atomic E-state index is 13.2. The number of aromatic nitrogens is 1. The molecule has 0 fully saturated rings. The number of aryl methyl sites for hydroxylation is 1. The summed E-state index contributed by atoms with van der Waals surface area (Å²) in [5.41, 5.74) is 2.22. The van der Waals surface area contributed by atoms with Crippen LogP contribution in [-0.2, 0) is 9.53 Å². The lowest BCUT2D eigenvalue weighted by Crippen LogP contribution is -2.29. The van der Waals surface area contributed by atoms with E-state index in [0.717, 1.165) is 0 Å². The molecule has 0 bridgehead atoms. The number of nitrogens with zero attached hydrogens (tertiary/aromatic N) is 1. The summed E-state index contributed by atoms with van der Waals surface area (Å²) in [5, 5.41) is 13.9. The molecule has 190 valence electrons. The first kappa shape index (κ1) is 27.5. The van der Waals surface area contributed by atoms with Crippen LogP contribution in [0, 0.1) is 13.8 Å². The van der Waals surface area contributed by atoms with Crippen molar-refractivity contribution in [1.82, 2.24) is 4.98 Å². The van der Waals surface area contributed by atoms with Crippen molar-refractivity contribution in [3.63, 3.8) is 0 Å². The predicted octanol–water partition coefficient (Wildman–Crippen LogP) is 6.87. The molecule has 3 rings (SSSR count). The van der Waals surface area contributed by atoms with Crippen molar-refractivity contribution in [3.05, 3.63) is 74.9 Å². The van der Waals surface area contributed by atoms with E-state index < -0.39 is 23.6 Å². The number of aliphatic carboxylic acids is 1. The smallest absolute Gasteiger partial charge is 0.337 e. The molecule has 36 heavy (non-hydrogen) atoms. The Bertz CT molecular complexity index is 1300. The number of hydrogen-bond acceptors (Lipinski definition) is 5. The van der Waals surface area contributed by atoms with E-state index in [2.05, 4.69) is 10.3 Å². The molecule has 0 unspecified atom stereocenters. The number of nitrogens with one attached hydrogen (secondary N) is 1. The van der Waals surface area contributed by atoms with Gasteiger partial charge in [-0.15, -0.1) is 0 Å². The molecule has 7 nitrogen and oxygen atoms in total. The molecule has 3 aromatic rings. The van der Waals surface area contributed by atoms with Gasteiger partial charge in [0, 0.05) is 26.9 Å². The Morgan fingerprint density at radius 2 is 1.64 bits per heavy atom. The Morgan fingerprint density at radius 1 is 1.03 bits per heavy atom. The Hall–Kier alpha value is -3.13. The first-order chi connectivity index (χ1) is 16.8. The van der Waals surface area contributed by atoms with E-state index in [1.165, 1.54) is 7.11 Å². The molecular formula is C27H28Cl2N2O5. The molecule has 1 aromatic heterocycles. The molecule has 2 aromatic carbocycles. The molecule has 1 heterocycles. The monoisotopic (exact) mass is 530 g/mol. The highest BCUT2D eigenvalue weighted by Gasteiger charge is 2.33. The molecular weight excluding hydrogens is 503 g/mol. The highest BCUT2D eigenvalue weighted by Crippen LogP contribution is 2.40. The number of carbonyl (C=O) groups is 2. The van der Waals surface area contributed by atoms with Gasteiger partial charge < -0.3 is 19.9 Å². The standard InChI is InChI=1S/C27H28Cl2N2O5/c1-14-21(16-7-9-17(28)10-8-16)22(23(26(33)34)36-27(3,4)5)15(2)30-24(14)31-25(32)19-12-11-18(29)13-20(19)35-6/h7-13,23H,1-6H3,(H,33,34)(H,30,31,32)/t23-/m0/s1. The van der Waals surface area contributed by atoms with Gasteiger partial charge in [0.05, 0.1) is 18.3 Å². The number of amides is 1. The fraction of sp³-hybridized carbons (Fsp3) is 0.296. The lowest BCUT2D eigenvalue weighted by molar-refractivity contribution is -0.160. The third-order valence-corrected chi connectivity index (χ3v) is 5.89. The van der Waals surface area contributed by atoms with Gasteiger partial charge in [-0.2, -0.15) is 0 Å². The average Bonchev–Trinajstić information content (AvgIpc) is 2.79. The van der Waals surface area contributed by atoms with E-state index in [-0.39, 0.29) is 11.4 Å². The minimum absolute atomic E-state index is 0.275. The number of anilines is 1. The third kappa shape index (κ3) is 6.16. The summed E-state index contributed by atoms with van der Waals surface area (Å²) in [5.74, 6) is -1.00. The van der Waals surface area contributed by atoms with Crippen LogP contribution in [0.15, 0.2) is 42.5 Å². The van der Waals surface area contributed by atoms with Gasteiger partial charge in [0.2, 0.25) is 0 Å². The van der Waals surface area contributed by atoms with E-state index in [1.54, 1.807) is 77.1 Å². The SMILES string of the molecule is COc1cc(Cl)ccc1C(=O)Nc1nc(C)c([C@H](OC(C)(C)C)C(=O)O)c(-c2ccc(Cl)cc2)c1C. The second-order valence-electron chi connectivity index (χ2n) is 9.21. The van der Waals surface area contributed by atoms with Gasteiger partial charge in [0.15, 0.2) is 6.10 Å². The van der Waals surface area contributed by atoms with E-state index in [9.17, 15) is 14.7 Å². The van der Waals surface area contributed by atoms with Crippen LogP contribution >= 0.6 is 23.2 Å². The van der Waals surface area contributed by atoms with Gasteiger partial charge in [0.1, 0.15) is 11.6 Å². The first-order valence-electron chi connectivity index (χ1n) is 11.1. The molecule has 0 radical (unpaired) electrons. The van der Waals surface area contributed by atoms with Gasteiger partial charge >= 0.3 is 5.97 Å². The first-order valence-corrected chi connectivity index (χ1v) is 11.9. The van der Waals surface area contributed by atoms with E-state index in [1.807, 2.05) is 0 Å². The summed E-state index contributed by atoms with van der Waals surface area (Å²) in [7, 11) is 1.45. The summed E-state index contributed by atoms with van der Waals surface area (Å²) in [4.78, 5) is 30.1. The number of ether oxygens (including phenoxy) is 2. The summed E-state index contributed by atoms with van der Waals surface area (Å²) in [6, 6.07) is 11.7. The second-order valence-corrected chi connectivity index (χ2v) is 10.1. The zero-order valence-corrected chi connectivity index (χ0v) is 22.4. The van der Waals surface area contributed by atoms with E-state index in [4.69, 9.17) is 32.7 Å². The fourth-order valence-electron chi connectivity index (χ4n) is 3.86. The van der Waals surface area contributed by atoms with Crippen molar-refractivity contribution in [2.24, 2.45) is 0 Å². The zero-order valence-electron chi connectivity index (χ0n) is 20.9. The maximum atomic E-state index is 13.2. The minimum atomic E-state index is -1.29. The largest absolute Gasteiger partial charge is 0.496 e. The number of carboxylic acids is 1. The lowest BCUT2D eigenvalue weighted by Gasteiger charge is -2.28. The number of methoxy groups -OCH3 is 1. The topological polar surface area (TPSA) is 97.8 Å². The van der Waals surface area contributed by atoms with Gasteiger partial charge in [0.25, 0.3) is 5.91 Å². The van der Waals surface area contributed by atoms with Gasteiger partial charge in [-0.1, -0.05) is 35.3 Å². The van der Waals surface area contributed by atoms with Crippen molar-refractivity contribution >= 4 is 40.9 Å². The van der Waals surface area contributed by atoms with E-state index >= 15 is 0 Å². The normalized spacial score (nSPS) is 12.2. The summed E-state index contributed by atoms with van der Waals surface area (Å²) in [6.07, 6.45) is -1.29. The lowest BCUT2D eigenvalue weighted by atomic mass is 9.91. The van der Waals surface area contributed by atoms with Crippen LogP contribution in [0.1, 0.15) is 54.1 Å². The quantitative estimate of drug-likeness (QED) is 0.345. The summed E-state index contributed by atoms with van der Waals surface area (Å²) < 4.78 is 11.3. The van der Waals surface area contributed by atoms with Crippen LogP contribution in [0.4, 0.5) is 5.82 Å². The van der Waals surface area contributed by atoms with Gasteiger partial charge in [-0.25, -0.2) is 9.78 Å². The number of carbonyl (C=O) groups excluding carboxylic acids is 1. The third-order valence-electron chi connectivity index (χ3n) is 5.40. The number of halogens is 2. The number of rotatable bonds is 7. The second kappa shape index (κ2) is 10.9. The number of benzene rings is 2. The minimum Gasteiger partial charge on any atom is -0.496 e. The molecule has 9 heteroatoms. The van der Waals surface area contributed by atoms with Crippen molar-refractivity contribution in [2.75, 3.05) is 12.4 Å². The molecule has 0 saturated carbocycles. The maximum Gasteiger partial charge on any atom is 0.337 e. The molecule has 1 amide bonds. The highest BCUT2D eigenvalue weighted by molar-refractivity contribution is 6.31. The molecule has 2 N–H and O–H groups in total. The number of carboxylic acid groups (broad SMARTS) is 1. The highest BCUT2D eigenvalue weighted by atomic mass is 35.5. The van der Waals surface area contributed by atoms with Crippen molar-refractivity contribution in [3.8, 4) is 16.9 Å². The number of pyridine rings is 1. The Balaban J connectivity index is 2.21. The van der Waals surface area contributed by atoms with Crippen LogP contribution < -0.4 is 10.1 Å². The van der Waals surface area contributed by atoms with Crippen molar-refractivity contribution < 1.29 is 24.2 Å². The molecule has 0 aliphatic heterocycles. The van der Waals surface area contributed by atoms with Crippen LogP contribution in [0.25, 0.3) is 11.1 Å². The van der Waals surface area contributed by atoms with Crippen LogP contribution in [0.3, 0.4) is 0 Å². The molecule has 1 atom stereocenters. The summed E-state index contributed by atoms with van der Waals surface area (Å²) in [6.45, 7) is 8.82. The Morgan fingerprint density at radius 3 is 2.19 bits per heavy atom. The van der Waals surface area contributed by atoms with Crippen molar-refractivity contribution in [1.29, 1.82) is 0 Å². The van der Waals surface area contributed by atoms with Crippen LogP contribution in [0.2, 0.25) is 10.0 Å². The zero-order chi connectivity index (χ0) is 26.8. The van der Waals surface area contributed by atoms with Crippen molar-refractivity contribution in [2.45, 2.75) is 46.3 Å². The predicted molar refractivity (Wildman–Crippen MR) is 141 cm³/mol. The van der Waals surface area contributed by atoms with Crippen LogP contribution in [0.5, 0.6) is 5.75 Å². The Kier molecular flexibility index (Phi) is 8.29. The Labute approximate surface area is 220 Å². The molecule has 0 spiro atoms. The van der Waals surface area contributed by atoms with Gasteiger partial charge in [-0.3, -0.25) is 4.79 Å². The average molecular weight is 531 g/mol. The van der Waals surface area contributed by atoms with Gasteiger partial charge in [-0.05, 0) is 76.1 Å². The molecule has 0 saturated heterocycles. The number of hydrogen-bond donors (Lipinski definition) is 2. The van der Waals surface area contributed by atoms with E-state index in [0.29, 0.717) is 43.7 Å². The fourth-order valence-corrected chi connectivity index (χ4v) is 4.15. The molecule has 0 aliphatic rings. The summed E-state index contributed by atoms with van der Waals surface area (Å²) >= 11 is 12.1. The molecule has 0 aliphatic carbocycles.